The average molecular weight is 304 g/mol. The van der Waals surface area contributed by atoms with Gasteiger partial charge in [0.05, 0.1) is 0 Å². The van der Waals surface area contributed by atoms with Crippen molar-refractivity contribution in [2.75, 3.05) is 26.3 Å². The molecule has 5 nitrogen and oxygen atoms in total. The van der Waals surface area contributed by atoms with Crippen LogP contribution in [0.3, 0.4) is 0 Å². The van der Waals surface area contributed by atoms with Gasteiger partial charge in [-0.3, -0.25) is 9.69 Å². The monoisotopic (exact) mass is 304 g/mol. The second-order valence-electron chi connectivity index (χ2n) is 5.11. The summed E-state index contributed by atoms with van der Waals surface area (Å²) in [6, 6.07) is 8.18. The van der Waals surface area contributed by atoms with Gasteiger partial charge in [-0.05, 0) is 24.2 Å². The molecule has 0 spiro atoms. The second kappa shape index (κ2) is 8.44. The van der Waals surface area contributed by atoms with Gasteiger partial charge in [0, 0.05) is 13.1 Å². The topological polar surface area (TPSA) is 50.8 Å². The molecule has 22 heavy (non-hydrogen) atoms. The van der Waals surface area contributed by atoms with E-state index in [4.69, 9.17) is 9.47 Å². The highest BCUT2D eigenvalue weighted by atomic mass is 16.6. The lowest BCUT2D eigenvalue weighted by atomic mass is 10.1. The molecule has 1 aliphatic rings. The Balaban J connectivity index is 1.97. The summed E-state index contributed by atoms with van der Waals surface area (Å²) in [6.45, 7) is 8.60. The summed E-state index contributed by atoms with van der Waals surface area (Å²) in [5.74, 6) is 0.00446. The number of nitrogens with zero attached hydrogens (tertiary/aromatic N) is 1. The second-order valence-corrected chi connectivity index (χ2v) is 5.11. The molecule has 0 atom stereocenters. The van der Waals surface area contributed by atoms with Crippen LogP contribution in [0.25, 0.3) is 0 Å². The largest absolute Gasteiger partial charge is 0.494 e. The van der Waals surface area contributed by atoms with Crippen LogP contribution < -0.4 is 5.32 Å². The quantitative estimate of drug-likeness (QED) is 0.837. The van der Waals surface area contributed by atoms with E-state index in [1.54, 1.807) is 0 Å². The van der Waals surface area contributed by atoms with Gasteiger partial charge in [-0.2, -0.15) is 0 Å². The van der Waals surface area contributed by atoms with E-state index in [9.17, 15) is 4.79 Å². The molecular weight excluding hydrogens is 280 g/mol. The maximum absolute atomic E-state index is 12.0. The number of hydrogen-bond acceptors (Lipinski definition) is 4. The standard InChI is InChI=1S/C17H24N2O3/c1-3-19(4-2)12-15-8-6-5-7-14(15)11-18-17(20)16-13-21-9-10-22-16/h5-8,13H,3-4,9-12H2,1-2H3,(H,18,20). The summed E-state index contributed by atoms with van der Waals surface area (Å²) in [4.78, 5) is 14.4. The van der Waals surface area contributed by atoms with Gasteiger partial charge >= 0.3 is 0 Å². The Hall–Kier alpha value is -2.01. The molecule has 0 bridgehead atoms. The number of amides is 1. The molecule has 120 valence electrons. The number of rotatable bonds is 7. The van der Waals surface area contributed by atoms with Gasteiger partial charge in [0.2, 0.25) is 5.76 Å². The van der Waals surface area contributed by atoms with E-state index < -0.39 is 0 Å². The Kier molecular flexibility index (Phi) is 6.27. The molecule has 1 aliphatic heterocycles. The van der Waals surface area contributed by atoms with Gasteiger partial charge in [0.25, 0.3) is 5.91 Å². The van der Waals surface area contributed by atoms with Crippen LogP contribution in [0.2, 0.25) is 0 Å². The molecule has 0 saturated heterocycles. The van der Waals surface area contributed by atoms with Gasteiger partial charge in [0.15, 0.2) is 0 Å². The Labute approximate surface area is 131 Å². The predicted molar refractivity (Wildman–Crippen MR) is 84.9 cm³/mol. The van der Waals surface area contributed by atoms with Crippen molar-refractivity contribution < 1.29 is 14.3 Å². The number of carbonyl (C=O) groups is 1. The van der Waals surface area contributed by atoms with Crippen LogP contribution in [0.4, 0.5) is 0 Å². The lowest BCUT2D eigenvalue weighted by Gasteiger charge is -2.20. The molecule has 2 rings (SSSR count). The molecule has 1 amide bonds. The van der Waals surface area contributed by atoms with Crippen LogP contribution in [0, 0.1) is 0 Å². The molecule has 1 aromatic rings. The fourth-order valence-corrected chi connectivity index (χ4v) is 2.32. The Morgan fingerprint density at radius 1 is 1.18 bits per heavy atom. The van der Waals surface area contributed by atoms with E-state index in [-0.39, 0.29) is 11.7 Å². The summed E-state index contributed by atoms with van der Waals surface area (Å²) < 4.78 is 10.4. The van der Waals surface area contributed by atoms with E-state index >= 15 is 0 Å². The molecule has 1 N–H and O–H groups in total. The van der Waals surface area contributed by atoms with E-state index in [0.29, 0.717) is 19.8 Å². The third kappa shape index (κ3) is 4.49. The van der Waals surface area contributed by atoms with Crippen molar-refractivity contribution >= 4 is 5.91 Å². The molecule has 0 unspecified atom stereocenters. The Morgan fingerprint density at radius 3 is 2.55 bits per heavy atom. The first-order valence-electron chi connectivity index (χ1n) is 7.76. The van der Waals surface area contributed by atoms with Crippen molar-refractivity contribution in [3.8, 4) is 0 Å². The zero-order valence-electron chi connectivity index (χ0n) is 13.3. The minimum atomic E-state index is -0.239. The van der Waals surface area contributed by atoms with E-state index in [1.807, 2.05) is 18.2 Å². The van der Waals surface area contributed by atoms with Gasteiger partial charge in [0.1, 0.15) is 19.5 Å². The van der Waals surface area contributed by atoms with Crippen molar-refractivity contribution in [1.82, 2.24) is 10.2 Å². The summed E-state index contributed by atoms with van der Waals surface area (Å²) in [5.41, 5.74) is 2.36. The van der Waals surface area contributed by atoms with Crippen LogP contribution >= 0.6 is 0 Å². The van der Waals surface area contributed by atoms with E-state index in [2.05, 4.69) is 30.1 Å². The number of nitrogens with one attached hydrogen (secondary N) is 1. The zero-order valence-corrected chi connectivity index (χ0v) is 13.3. The van der Waals surface area contributed by atoms with Crippen LogP contribution in [-0.4, -0.2) is 37.1 Å². The average Bonchev–Trinajstić information content (AvgIpc) is 2.59. The number of ether oxygens (including phenoxy) is 2. The number of carbonyl (C=O) groups excluding carboxylic acids is 1. The summed E-state index contributed by atoms with van der Waals surface area (Å²) in [6.07, 6.45) is 1.38. The fraction of sp³-hybridized carbons (Fsp3) is 0.471. The minimum absolute atomic E-state index is 0.239. The normalized spacial score (nSPS) is 14.0. The van der Waals surface area contributed by atoms with Gasteiger partial charge in [-0.25, -0.2) is 0 Å². The molecule has 0 radical (unpaired) electrons. The first-order valence-corrected chi connectivity index (χ1v) is 7.76. The van der Waals surface area contributed by atoms with Crippen molar-refractivity contribution in [3.63, 3.8) is 0 Å². The maximum atomic E-state index is 12.0. The number of benzene rings is 1. The highest BCUT2D eigenvalue weighted by Crippen LogP contribution is 2.12. The lowest BCUT2D eigenvalue weighted by Crippen LogP contribution is -2.29. The van der Waals surface area contributed by atoms with Crippen LogP contribution in [-0.2, 0) is 27.4 Å². The summed E-state index contributed by atoms with van der Waals surface area (Å²) in [7, 11) is 0. The molecule has 0 aromatic heterocycles. The first-order chi connectivity index (χ1) is 10.7. The summed E-state index contributed by atoms with van der Waals surface area (Å²) in [5, 5.41) is 2.89. The van der Waals surface area contributed by atoms with Crippen LogP contribution in [0.5, 0.6) is 0 Å². The Bertz CT molecular complexity index is 524. The molecule has 5 heteroatoms. The first kappa shape index (κ1) is 16.4. The molecule has 0 fully saturated rings. The van der Waals surface area contributed by atoms with Gasteiger partial charge in [-0.1, -0.05) is 38.1 Å². The van der Waals surface area contributed by atoms with Gasteiger partial charge < -0.3 is 14.8 Å². The molecule has 0 aliphatic carbocycles. The lowest BCUT2D eigenvalue weighted by molar-refractivity contribution is -0.122. The minimum Gasteiger partial charge on any atom is -0.494 e. The molecule has 0 saturated carbocycles. The predicted octanol–water partition coefficient (Wildman–Crippen LogP) is 2.03. The smallest absolute Gasteiger partial charge is 0.289 e. The zero-order chi connectivity index (χ0) is 15.8. The summed E-state index contributed by atoms with van der Waals surface area (Å²) >= 11 is 0. The molecular formula is C17H24N2O3. The molecule has 1 heterocycles. The number of hydrogen-bond donors (Lipinski definition) is 1. The molecule has 1 aromatic carbocycles. The fourth-order valence-electron chi connectivity index (χ4n) is 2.32. The third-order valence-corrected chi connectivity index (χ3v) is 3.72. The van der Waals surface area contributed by atoms with Gasteiger partial charge in [-0.15, -0.1) is 0 Å². The maximum Gasteiger partial charge on any atom is 0.289 e. The highest BCUT2D eigenvalue weighted by Gasteiger charge is 2.15. The van der Waals surface area contributed by atoms with Crippen molar-refractivity contribution in [2.45, 2.75) is 26.9 Å². The van der Waals surface area contributed by atoms with E-state index in [1.165, 1.54) is 11.8 Å². The SMILES string of the molecule is CCN(CC)Cc1ccccc1CNC(=O)C1=COCCO1. The van der Waals surface area contributed by atoms with Crippen molar-refractivity contribution in [2.24, 2.45) is 0 Å². The highest BCUT2D eigenvalue weighted by molar-refractivity contribution is 5.91. The van der Waals surface area contributed by atoms with Crippen LogP contribution in [0.1, 0.15) is 25.0 Å². The van der Waals surface area contributed by atoms with E-state index in [0.717, 1.165) is 25.2 Å². The van der Waals surface area contributed by atoms with Crippen molar-refractivity contribution in [1.29, 1.82) is 0 Å². The van der Waals surface area contributed by atoms with Crippen LogP contribution in [0.15, 0.2) is 36.3 Å². The third-order valence-electron chi connectivity index (χ3n) is 3.72. The van der Waals surface area contributed by atoms with Crippen molar-refractivity contribution in [3.05, 3.63) is 47.4 Å². The Morgan fingerprint density at radius 2 is 1.91 bits per heavy atom.